The third kappa shape index (κ3) is 4.39. The second kappa shape index (κ2) is 9.22. The molecule has 8 nitrogen and oxygen atoms in total. The Morgan fingerprint density at radius 1 is 0.938 bits per heavy atom. The Balaban J connectivity index is 1.36. The highest BCUT2D eigenvalue weighted by atomic mass is 16.5. The van der Waals surface area contributed by atoms with Crippen LogP contribution >= 0.6 is 0 Å². The zero-order valence-electron chi connectivity index (χ0n) is 17.3. The van der Waals surface area contributed by atoms with Crippen LogP contribution < -0.4 is 21.3 Å². The highest BCUT2D eigenvalue weighted by molar-refractivity contribution is 5.86. The molecule has 0 aliphatic heterocycles. The van der Waals surface area contributed by atoms with Gasteiger partial charge >= 0.3 is 5.76 Å². The van der Waals surface area contributed by atoms with E-state index in [1.807, 2.05) is 48.5 Å². The van der Waals surface area contributed by atoms with E-state index in [9.17, 15) is 14.4 Å². The van der Waals surface area contributed by atoms with Crippen LogP contribution in [0.4, 0.5) is 0 Å². The molecule has 0 saturated carbocycles. The fraction of sp³-hybridized carbons (Fsp3) is 0.125. The zero-order valence-corrected chi connectivity index (χ0v) is 17.3. The number of carbonyl (C=O) groups is 2. The van der Waals surface area contributed by atoms with Crippen molar-refractivity contribution in [2.75, 3.05) is 6.61 Å². The number of para-hydroxylation sites is 3. The Morgan fingerprint density at radius 2 is 1.62 bits per heavy atom. The summed E-state index contributed by atoms with van der Waals surface area (Å²) in [5.41, 5.74) is 7.33. The van der Waals surface area contributed by atoms with Crippen molar-refractivity contribution in [1.29, 1.82) is 0 Å². The lowest BCUT2D eigenvalue weighted by Crippen LogP contribution is -2.47. The van der Waals surface area contributed by atoms with Gasteiger partial charge in [0.15, 0.2) is 12.2 Å². The van der Waals surface area contributed by atoms with E-state index in [-0.39, 0.29) is 6.61 Å². The molecule has 1 atom stereocenters. The van der Waals surface area contributed by atoms with Crippen molar-refractivity contribution in [2.24, 2.45) is 0 Å². The quantitative estimate of drug-likeness (QED) is 0.457. The van der Waals surface area contributed by atoms with E-state index >= 15 is 0 Å². The minimum Gasteiger partial charge on any atom is -0.483 e. The van der Waals surface area contributed by atoms with Gasteiger partial charge in [0, 0.05) is 5.56 Å². The molecule has 1 aromatic heterocycles. The number of rotatable bonds is 6. The number of nitrogens with one attached hydrogen (secondary N) is 2. The fourth-order valence-electron chi connectivity index (χ4n) is 3.33. The molecule has 1 unspecified atom stereocenters. The van der Waals surface area contributed by atoms with Crippen LogP contribution in [0.1, 0.15) is 13.0 Å². The monoisotopic (exact) mass is 431 g/mol. The lowest BCUT2D eigenvalue weighted by Gasteiger charge is -2.15. The number of benzene rings is 3. The summed E-state index contributed by atoms with van der Waals surface area (Å²) in [7, 11) is 0. The number of hydrogen-bond donors (Lipinski definition) is 2. The van der Waals surface area contributed by atoms with Gasteiger partial charge in [-0.2, -0.15) is 0 Å². The first-order valence-corrected chi connectivity index (χ1v) is 10.0. The molecule has 0 fully saturated rings. The third-order valence-electron chi connectivity index (χ3n) is 4.94. The predicted molar refractivity (Wildman–Crippen MR) is 119 cm³/mol. The number of nitrogens with zero attached hydrogens (tertiary/aromatic N) is 1. The Hall–Kier alpha value is -4.33. The summed E-state index contributed by atoms with van der Waals surface area (Å²) >= 11 is 0. The number of carbonyl (C=O) groups excluding carboxylic acids is 2. The van der Waals surface area contributed by atoms with Crippen LogP contribution in [0.3, 0.4) is 0 Å². The van der Waals surface area contributed by atoms with Crippen LogP contribution in [-0.4, -0.2) is 23.0 Å². The number of ether oxygens (including phenoxy) is 1. The first-order chi connectivity index (χ1) is 15.5. The summed E-state index contributed by atoms with van der Waals surface area (Å²) in [5, 5.41) is 0. The van der Waals surface area contributed by atoms with Crippen LogP contribution in [-0.2, 0) is 9.59 Å². The number of aromatic nitrogens is 1. The highest BCUT2D eigenvalue weighted by Gasteiger charge is 2.21. The summed E-state index contributed by atoms with van der Waals surface area (Å²) in [6, 6.07) is 22.9. The molecule has 1 heterocycles. The molecule has 0 aliphatic carbocycles. The minimum absolute atomic E-state index is 0.299. The molecule has 0 aliphatic rings. The van der Waals surface area contributed by atoms with Crippen molar-refractivity contribution in [1.82, 2.24) is 15.4 Å². The first-order valence-electron chi connectivity index (χ1n) is 10.0. The van der Waals surface area contributed by atoms with Gasteiger partial charge in [-0.1, -0.05) is 60.7 Å². The Bertz CT molecular complexity index is 1310. The topological polar surface area (TPSA) is 103 Å². The summed E-state index contributed by atoms with van der Waals surface area (Å²) < 4.78 is 12.0. The molecule has 4 aromatic rings. The van der Waals surface area contributed by atoms with E-state index < -0.39 is 23.6 Å². The molecule has 0 bridgehead atoms. The van der Waals surface area contributed by atoms with Crippen molar-refractivity contribution in [3.63, 3.8) is 0 Å². The van der Waals surface area contributed by atoms with Gasteiger partial charge in [-0.15, -0.1) is 0 Å². The van der Waals surface area contributed by atoms with Crippen LogP contribution in [0.15, 0.2) is 88.1 Å². The van der Waals surface area contributed by atoms with E-state index in [1.165, 1.54) is 11.5 Å². The third-order valence-corrected chi connectivity index (χ3v) is 4.94. The van der Waals surface area contributed by atoms with Gasteiger partial charge < -0.3 is 9.15 Å². The average Bonchev–Trinajstić information content (AvgIpc) is 3.17. The van der Waals surface area contributed by atoms with Gasteiger partial charge in [0.05, 0.1) is 5.52 Å². The van der Waals surface area contributed by atoms with Crippen LogP contribution in [0.25, 0.3) is 22.2 Å². The predicted octanol–water partition coefficient (Wildman–Crippen LogP) is 3.05. The zero-order chi connectivity index (χ0) is 22.5. The maximum Gasteiger partial charge on any atom is 0.420 e. The average molecular weight is 431 g/mol. The molecule has 2 N–H and O–H groups in total. The van der Waals surface area contributed by atoms with Crippen LogP contribution in [0, 0.1) is 0 Å². The van der Waals surface area contributed by atoms with E-state index in [0.29, 0.717) is 16.8 Å². The standard InChI is InChI=1S/C24H21N3O5/c1-16(27-19-12-6-8-14-21(19)32-24(27)30)23(29)26-25-22(28)15-31-20-13-7-5-11-18(20)17-9-3-2-4-10-17/h2-14,16H,15H2,1H3,(H,25,28)(H,26,29). The summed E-state index contributed by atoms with van der Waals surface area (Å²) in [6.45, 7) is 1.24. The molecule has 0 saturated heterocycles. The maximum absolute atomic E-state index is 12.5. The largest absolute Gasteiger partial charge is 0.483 e. The normalized spacial score (nSPS) is 11.7. The van der Waals surface area contributed by atoms with Gasteiger partial charge in [-0.25, -0.2) is 4.79 Å². The Labute approximate surface area is 183 Å². The molecule has 3 aromatic carbocycles. The Kier molecular flexibility index (Phi) is 6.03. The molecule has 2 amide bonds. The maximum atomic E-state index is 12.5. The molecular formula is C24H21N3O5. The summed E-state index contributed by atoms with van der Waals surface area (Å²) in [5.74, 6) is -1.22. The van der Waals surface area contributed by atoms with Crippen molar-refractivity contribution < 1.29 is 18.7 Å². The van der Waals surface area contributed by atoms with E-state index in [4.69, 9.17) is 9.15 Å². The van der Waals surface area contributed by atoms with Gasteiger partial charge in [-0.3, -0.25) is 25.0 Å². The van der Waals surface area contributed by atoms with Crippen molar-refractivity contribution >= 4 is 22.9 Å². The molecule has 162 valence electrons. The lowest BCUT2D eigenvalue weighted by atomic mass is 10.1. The van der Waals surface area contributed by atoms with Crippen molar-refractivity contribution in [3.8, 4) is 16.9 Å². The van der Waals surface area contributed by atoms with Crippen molar-refractivity contribution in [2.45, 2.75) is 13.0 Å². The van der Waals surface area contributed by atoms with Gasteiger partial charge in [0.2, 0.25) is 0 Å². The number of hydrazine groups is 1. The molecule has 8 heteroatoms. The highest BCUT2D eigenvalue weighted by Crippen LogP contribution is 2.29. The molecule has 4 rings (SSSR count). The number of fused-ring (bicyclic) bond motifs is 1. The van der Waals surface area contributed by atoms with E-state index in [0.717, 1.165) is 11.1 Å². The SMILES string of the molecule is CC(C(=O)NNC(=O)COc1ccccc1-c1ccccc1)n1c(=O)oc2ccccc21. The van der Waals surface area contributed by atoms with Gasteiger partial charge in [0.25, 0.3) is 11.8 Å². The van der Waals surface area contributed by atoms with Gasteiger partial charge in [-0.05, 0) is 30.7 Å². The number of oxazole rings is 1. The van der Waals surface area contributed by atoms with E-state index in [1.54, 1.807) is 30.3 Å². The van der Waals surface area contributed by atoms with Crippen LogP contribution in [0.5, 0.6) is 5.75 Å². The fourth-order valence-corrected chi connectivity index (χ4v) is 3.33. The lowest BCUT2D eigenvalue weighted by molar-refractivity contribution is -0.131. The summed E-state index contributed by atoms with van der Waals surface area (Å²) in [4.78, 5) is 36.8. The van der Waals surface area contributed by atoms with Gasteiger partial charge in [0.1, 0.15) is 11.8 Å². The molecule has 0 radical (unpaired) electrons. The summed E-state index contributed by atoms with van der Waals surface area (Å²) in [6.07, 6.45) is 0. The number of amides is 2. The van der Waals surface area contributed by atoms with E-state index in [2.05, 4.69) is 10.9 Å². The molecule has 0 spiro atoms. The molecule has 32 heavy (non-hydrogen) atoms. The van der Waals surface area contributed by atoms with Crippen LogP contribution in [0.2, 0.25) is 0 Å². The number of hydrogen-bond acceptors (Lipinski definition) is 5. The second-order valence-electron chi connectivity index (χ2n) is 7.07. The van der Waals surface area contributed by atoms with Crippen molar-refractivity contribution in [3.05, 3.63) is 89.4 Å². The Morgan fingerprint density at radius 3 is 2.44 bits per heavy atom. The first kappa shape index (κ1) is 20.9. The molecular weight excluding hydrogens is 410 g/mol. The minimum atomic E-state index is -0.897. The second-order valence-corrected chi connectivity index (χ2v) is 7.07. The smallest absolute Gasteiger partial charge is 0.420 e.